The van der Waals surface area contributed by atoms with Gasteiger partial charge in [0.25, 0.3) is 5.91 Å². The fourth-order valence-corrected chi connectivity index (χ4v) is 3.05. The molecule has 2 heterocycles. The van der Waals surface area contributed by atoms with Crippen LogP contribution in [0.5, 0.6) is 0 Å². The number of carbonyl (C=O) groups is 1. The van der Waals surface area contributed by atoms with E-state index >= 15 is 0 Å². The molecule has 5 nitrogen and oxygen atoms in total. The van der Waals surface area contributed by atoms with Crippen molar-refractivity contribution < 1.29 is 9.53 Å². The summed E-state index contributed by atoms with van der Waals surface area (Å²) < 4.78 is 5.37. The van der Waals surface area contributed by atoms with Crippen molar-refractivity contribution in [2.24, 2.45) is 0 Å². The zero-order valence-corrected chi connectivity index (χ0v) is 14.1. The molecule has 2 aliphatic rings. The summed E-state index contributed by atoms with van der Waals surface area (Å²) in [6.45, 7) is 6.06. The van der Waals surface area contributed by atoms with Crippen LogP contribution in [0.3, 0.4) is 0 Å². The SMILES string of the molecule is CCCN1C(=O)C(=Cc2ccc(N3CCOCC3)cc2)NC1=S. The molecule has 1 aromatic carbocycles. The third-order valence-electron chi connectivity index (χ3n) is 3.99. The molecule has 0 aromatic heterocycles. The van der Waals surface area contributed by atoms with Gasteiger partial charge in [0.2, 0.25) is 0 Å². The van der Waals surface area contributed by atoms with Crippen molar-refractivity contribution in [3.05, 3.63) is 35.5 Å². The van der Waals surface area contributed by atoms with E-state index in [1.165, 1.54) is 5.69 Å². The van der Waals surface area contributed by atoms with Gasteiger partial charge in [0.15, 0.2) is 5.11 Å². The molecule has 0 saturated carbocycles. The summed E-state index contributed by atoms with van der Waals surface area (Å²) in [4.78, 5) is 16.2. The Morgan fingerprint density at radius 3 is 2.61 bits per heavy atom. The first kappa shape index (κ1) is 16.0. The minimum Gasteiger partial charge on any atom is -0.378 e. The first-order valence-electron chi connectivity index (χ1n) is 7.96. The van der Waals surface area contributed by atoms with Crippen molar-refractivity contribution in [3.8, 4) is 0 Å². The number of rotatable bonds is 4. The van der Waals surface area contributed by atoms with Crippen molar-refractivity contribution >= 4 is 35.0 Å². The summed E-state index contributed by atoms with van der Waals surface area (Å²) in [5.41, 5.74) is 2.71. The smallest absolute Gasteiger partial charge is 0.276 e. The number of morpholine rings is 1. The molecule has 122 valence electrons. The maximum absolute atomic E-state index is 12.3. The van der Waals surface area contributed by atoms with E-state index in [1.54, 1.807) is 4.90 Å². The molecule has 23 heavy (non-hydrogen) atoms. The van der Waals surface area contributed by atoms with Crippen LogP contribution in [-0.2, 0) is 9.53 Å². The minimum atomic E-state index is -0.0471. The van der Waals surface area contributed by atoms with Gasteiger partial charge in [-0.1, -0.05) is 19.1 Å². The summed E-state index contributed by atoms with van der Waals surface area (Å²) in [7, 11) is 0. The maximum atomic E-state index is 12.3. The normalized spacial score (nSPS) is 20.3. The number of hydrogen-bond donors (Lipinski definition) is 1. The summed E-state index contributed by atoms with van der Waals surface area (Å²) in [6, 6.07) is 8.22. The topological polar surface area (TPSA) is 44.8 Å². The molecule has 0 unspecified atom stereocenters. The van der Waals surface area contributed by atoms with Crippen LogP contribution in [0.1, 0.15) is 18.9 Å². The lowest BCUT2D eigenvalue weighted by Gasteiger charge is -2.28. The van der Waals surface area contributed by atoms with E-state index in [1.807, 2.05) is 25.1 Å². The number of amides is 1. The Bertz CT molecular complexity index is 621. The van der Waals surface area contributed by atoms with E-state index in [0.717, 1.165) is 38.3 Å². The number of ether oxygens (including phenoxy) is 1. The van der Waals surface area contributed by atoms with E-state index < -0.39 is 0 Å². The Kier molecular flexibility index (Phi) is 4.93. The Morgan fingerprint density at radius 2 is 1.96 bits per heavy atom. The summed E-state index contributed by atoms with van der Waals surface area (Å²) in [5.74, 6) is -0.0471. The number of carbonyl (C=O) groups excluding carboxylic acids is 1. The minimum absolute atomic E-state index is 0.0471. The average molecular weight is 331 g/mol. The number of benzene rings is 1. The number of hydrogen-bond acceptors (Lipinski definition) is 4. The summed E-state index contributed by atoms with van der Waals surface area (Å²) >= 11 is 5.22. The molecule has 3 rings (SSSR count). The molecule has 2 fully saturated rings. The maximum Gasteiger partial charge on any atom is 0.276 e. The quantitative estimate of drug-likeness (QED) is 0.675. The van der Waals surface area contributed by atoms with Gasteiger partial charge in [-0.25, -0.2) is 0 Å². The van der Waals surface area contributed by atoms with E-state index in [-0.39, 0.29) is 5.91 Å². The van der Waals surface area contributed by atoms with Crippen molar-refractivity contribution in [1.82, 2.24) is 10.2 Å². The van der Waals surface area contributed by atoms with Crippen LogP contribution in [0, 0.1) is 0 Å². The Balaban J connectivity index is 1.72. The van der Waals surface area contributed by atoms with Gasteiger partial charge < -0.3 is 15.0 Å². The van der Waals surface area contributed by atoms with Crippen LogP contribution in [0.15, 0.2) is 30.0 Å². The number of nitrogens with zero attached hydrogens (tertiary/aromatic N) is 2. The monoisotopic (exact) mass is 331 g/mol. The van der Waals surface area contributed by atoms with Gasteiger partial charge in [-0.05, 0) is 42.4 Å². The van der Waals surface area contributed by atoms with Crippen molar-refractivity contribution in [2.45, 2.75) is 13.3 Å². The number of nitrogens with one attached hydrogen (secondary N) is 1. The molecule has 0 atom stereocenters. The second-order valence-electron chi connectivity index (χ2n) is 5.64. The Labute approximate surface area is 141 Å². The summed E-state index contributed by atoms with van der Waals surface area (Å²) in [6.07, 6.45) is 2.74. The Hall–Kier alpha value is -1.92. The average Bonchev–Trinajstić information content (AvgIpc) is 2.84. The molecule has 1 aromatic rings. The molecule has 6 heteroatoms. The predicted molar refractivity (Wildman–Crippen MR) is 95.2 cm³/mol. The van der Waals surface area contributed by atoms with Gasteiger partial charge in [-0.3, -0.25) is 9.69 Å². The highest BCUT2D eigenvalue weighted by atomic mass is 32.1. The second kappa shape index (κ2) is 7.10. The fourth-order valence-electron chi connectivity index (χ4n) is 2.77. The first-order valence-corrected chi connectivity index (χ1v) is 8.37. The van der Waals surface area contributed by atoms with Gasteiger partial charge in [0.05, 0.1) is 13.2 Å². The van der Waals surface area contributed by atoms with Gasteiger partial charge in [0.1, 0.15) is 5.70 Å². The van der Waals surface area contributed by atoms with E-state index in [2.05, 4.69) is 22.3 Å². The molecule has 0 spiro atoms. The molecule has 2 saturated heterocycles. The van der Waals surface area contributed by atoms with Gasteiger partial charge in [0, 0.05) is 25.3 Å². The van der Waals surface area contributed by atoms with E-state index in [4.69, 9.17) is 17.0 Å². The highest BCUT2D eigenvalue weighted by Crippen LogP contribution is 2.19. The Morgan fingerprint density at radius 1 is 1.26 bits per heavy atom. The highest BCUT2D eigenvalue weighted by molar-refractivity contribution is 7.80. The highest BCUT2D eigenvalue weighted by Gasteiger charge is 2.29. The molecule has 1 amide bonds. The predicted octanol–water partition coefficient (Wildman–Crippen LogP) is 1.99. The lowest BCUT2D eigenvalue weighted by atomic mass is 10.1. The van der Waals surface area contributed by atoms with Crippen LogP contribution < -0.4 is 10.2 Å². The largest absolute Gasteiger partial charge is 0.378 e. The standard InChI is InChI=1S/C17H21N3O2S/c1-2-7-20-16(21)15(18-17(20)23)12-13-3-5-14(6-4-13)19-8-10-22-11-9-19/h3-6,12H,2,7-11H2,1H3,(H,18,23). The number of anilines is 1. The second-order valence-corrected chi connectivity index (χ2v) is 6.02. The van der Waals surface area contributed by atoms with E-state index in [0.29, 0.717) is 17.4 Å². The van der Waals surface area contributed by atoms with Crippen LogP contribution in [0.25, 0.3) is 6.08 Å². The fraction of sp³-hybridized carbons (Fsp3) is 0.412. The molecule has 0 bridgehead atoms. The molecule has 1 N–H and O–H groups in total. The molecule has 2 aliphatic heterocycles. The van der Waals surface area contributed by atoms with Crippen molar-refractivity contribution in [1.29, 1.82) is 0 Å². The lowest BCUT2D eigenvalue weighted by Crippen LogP contribution is -2.36. The van der Waals surface area contributed by atoms with Crippen LogP contribution >= 0.6 is 12.2 Å². The number of thiocarbonyl (C=S) groups is 1. The van der Waals surface area contributed by atoms with Gasteiger partial charge in [-0.2, -0.15) is 0 Å². The summed E-state index contributed by atoms with van der Waals surface area (Å²) in [5, 5.41) is 3.50. The van der Waals surface area contributed by atoms with Crippen LogP contribution in [0.2, 0.25) is 0 Å². The third-order valence-corrected chi connectivity index (χ3v) is 4.31. The lowest BCUT2D eigenvalue weighted by molar-refractivity contribution is -0.122. The van der Waals surface area contributed by atoms with Gasteiger partial charge >= 0.3 is 0 Å². The molecule has 0 radical (unpaired) electrons. The first-order chi connectivity index (χ1) is 11.2. The van der Waals surface area contributed by atoms with Gasteiger partial charge in [-0.15, -0.1) is 0 Å². The third kappa shape index (κ3) is 3.54. The van der Waals surface area contributed by atoms with Crippen molar-refractivity contribution in [3.63, 3.8) is 0 Å². The molecular formula is C17H21N3O2S. The van der Waals surface area contributed by atoms with E-state index in [9.17, 15) is 4.79 Å². The zero-order chi connectivity index (χ0) is 16.2. The molecular weight excluding hydrogens is 310 g/mol. The van der Waals surface area contributed by atoms with Crippen LogP contribution in [-0.4, -0.2) is 48.8 Å². The zero-order valence-electron chi connectivity index (χ0n) is 13.2. The van der Waals surface area contributed by atoms with Crippen LogP contribution in [0.4, 0.5) is 5.69 Å². The molecule has 0 aliphatic carbocycles. The van der Waals surface area contributed by atoms with Crippen molar-refractivity contribution in [2.75, 3.05) is 37.7 Å².